The van der Waals surface area contributed by atoms with Crippen LogP contribution in [0.1, 0.15) is 36.8 Å². The van der Waals surface area contributed by atoms with Crippen molar-refractivity contribution in [1.29, 1.82) is 0 Å². The van der Waals surface area contributed by atoms with E-state index in [1.165, 1.54) is 26.4 Å². The van der Waals surface area contributed by atoms with Gasteiger partial charge in [0.05, 0.1) is 39.9 Å². The normalized spacial score (nSPS) is 17.6. The third kappa shape index (κ3) is 6.05. The van der Waals surface area contributed by atoms with E-state index in [0.717, 1.165) is 24.9 Å². The summed E-state index contributed by atoms with van der Waals surface area (Å²) in [5.41, 5.74) is 1.34. The van der Waals surface area contributed by atoms with Gasteiger partial charge in [0.1, 0.15) is 0 Å². The Balaban J connectivity index is 1.73. The van der Waals surface area contributed by atoms with Crippen LogP contribution in [0, 0.1) is 0 Å². The molecule has 1 heterocycles. The van der Waals surface area contributed by atoms with Crippen molar-refractivity contribution in [1.82, 2.24) is 4.90 Å². The molecule has 3 rings (SSSR count). The van der Waals surface area contributed by atoms with Crippen molar-refractivity contribution < 1.29 is 35.8 Å². The maximum absolute atomic E-state index is 13.5. The van der Waals surface area contributed by atoms with Gasteiger partial charge >= 0.3 is 0 Å². The molecule has 0 aliphatic carbocycles. The van der Waals surface area contributed by atoms with Crippen LogP contribution in [0.4, 0.5) is 0 Å². The summed E-state index contributed by atoms with van der Waals surface area (Å²) in [7, 11) is 0.127. The molecule has 2 aromatic carbocycles. The molecule has 0 saturated carbocycles. The first-order valence-electron chi connectivity index (χ1n) is 12.6. The van der Waals surface area contributed by atoms with Crippen molar-refractivity contribution in [2.24, 2.45) is 0 Å². The zero-order valence-electron chi connectivity index (χ0n) is 22.9. The zero-order chi connectivity index (χ0) is 28.0. The molecule has 1 saturated heterocycles. The van der Waals surface area contributed by atoms with Gasteiger partial charge in [-0.05, 0) is 87.6 Å². The van der Waals surface area contributed by atoms with Gasteiger partial charge in [-0.2, -0.15) is 0 Å². The van der Waals surface area contributed by atoms with Gasteiger partial charge in [0.2, 0.25) is 0 Å². The van der Waals surface area contributed by atoms with Gasteiger partial charge in [-0.1, -0.05) is 12.1 Å². The molecule has 0 atom stereocenters. The van der Waals surface area contributed by atoms with Gasteiger partial charge in [0.25, 0.3) is 0 Å². The lowest BCUT2D eigenvalue weighted by Crippen LogP contribution is -2.50. The molecule has 0 amide bonds. The van der Waals surface area contributed by atoms with Crippen LogP contribution in [0.3, 0.4) is 0 Å². The van der Waals surface area contributed by atoms with E-state index in [0.29, 0.717) is 36.0 Å². The first-order chi connectivity index (χ1) is 18.0. The monoisotopic (exact) mass is 569 g/mol. The maximum Gasteiger partial charge on any atom is 0.198 e. The molecule has 9 nitrogen and oxygen atoms in total. The van der Waals surface area contributed by atoms with Gasteiger partial charge in [0, 0.05) is 0 Å². The summed E-state index contributed by atoms with van der Waals surface area (Å²) in [6, 6.07) is 10.4. The maximum atomic E-state index is 13.5. The summed E-state index contributed by atoms with van der Waals surface area (Å²) in [6.45, 7) is 1.34. The highest BCUT2D eigenvalue weighted by molar-refractivity contribution is 8.10. The van der Waals surface area contributed by atoms with E-state index in [1.54, 1.807) is 20.3 Å². The second kappa shape index (κ2) is 12.6. The molecule has 0 N–H and O–H groups in total. The topological polar surface area (TPSA) is 108 Å². The van der Waals surface area contributed by atoms with Crippen LogP contribution in [-0.4, -0.2) is 81.8 Å². The second-order valence-electron chi connectivity index (χ2n) is 9.51. The van der Waals surface area contributed by atoms with E-state index in [2.05, 4.69) is 4.90 Å². The smallest absolute Gasteiger partial charge is 0.198 e. The quantitative estimate of drug-likeness (QED) is 0.358. The van der Waals surface area contributed by atoms with Crippen LogP contribution in [-0.2, 0) is 30.2 Å². The lowest BCUT2D eigenvalue weighted by Gasteiger charge is -2.37. The van der Waals surface area contributed by atoms with Crippen molar-refractivity contribution >= 4 is 19.7 Å². The molecule has 1 aliphatic heterocycles. The Morgan fingerprint density at radius 2 is 1.26 bits per heavy atom. The summed E-state index contributed by atoms with van der Waals surface area (Å²) in [6.07, 6.45) is 2.20. The SMILES string of the molecule is COc1ccc(CCCN(C)CCCC2(c3ccc(OC)c(OC)c3)S(=O)(=O)CCCS2(=O)=O)cc1OC. The van der Waals surface area contributed by atoms with E-state index >= 15 is 0 Å². The zero-order valence-corrected chi connectivity index (χ0v) is 24.5. The highest BCUT2D eigenvalue weighted by atomic mass is 32.3. The van der Waals surface area contributed by atoms with Gasteiger partial charge in [-0.25, -0.2) is 16.8 Å². The highest BCUT2D eigenvalue weighted by Crippen LogP contribution is 2.47. The van der Waals surface area contributed by atoms with Crippen LogP contribution >= 0.6 is 0 Å². The number of ether oxygens (including phenoxy) is 4. The molecule has 0 bridgehead atoms. The Morgan fingerprint density at radius 1 is 0.737 bits per heavy atom. The average Bonchev–Trinajstić information content (AvgIpc) is 2.89. The first-order valence-corrected chi connectivity index (χ1v) is 15.9. The van der Waals surface area contributed by atoms with Gasteiger partial charge < -0.3 is 23.8 Å². The Bertz CT molecular complexity index is 1270. The molecule has 0 radical (unpaired) electrons. The summed E-state index contributed by atoms with van der Waals surface area (Å²) >= 11 is 0. The fourth-order valence-corrected chi connectivity index (χ4v) is 11.0. The summed E-state index contributed by atoms with van der Waals surface area (Å²) < 4.78 is 73.3. The first kappa shape index (κ1) is 30.0. The molecule has 38 heavy (non-hydrogen) atoms. The van der Waals surface area contributed by atoms with Crippen molar-refractivity contribution in [2.45, 2.75) is 36.2 Å². The highest BCUT2D eigenvalue weighted by Gasteiger charge is 2.57. The number of hydrogen-bond acceptors (Lipinski definition) is 9. The van der Waals surface area contributed by atoms with Gasteiger partial charge in [0.15, 0.2) is 46.8 Å². The lowest BCUT2D eigenvalue weighted by molar-refractivity contribution is 0.317. The van der Waals surface area contributed by atoms with Crippen LogP contribution in [0.5, 0.6) is 23.0 Å². The summed E-state index contributed by atoms with van der Waals surface area (Å²) in [5.74, 6) is 1.75. The molecule has 2 aromatic rings. The molecule has 11 heteroatoms. The standard InChI is InChI=1S/C27H39NO8S2/c1-28(15-6-9-21-10-12-23(33-2)25(19-21)35-4)16-7-14-27(37(29,30)17-8-18-38(27,31)32)22-11-13-24(34-3)26(20-22)36-5/h10-13,19-20H,6-9,14-18H2,1-5H3. The Labute approximate surface area is 226 Å². The number of rotatable bonds is 13. The Kier molecular flexibility index (Phi) is 9.94. The minimum Gasteiger partial charge on any atom is -0.493 e. The lowest BCUT2D eigenvalue weighted by atomic mass is 10.1. The summed E-state index contributed by atoms with van der Waals surface area (Å²) in [4.78, 5) is 2.10. The molecular weight excluding hydrogens is 530 g/mol. The third-order valence-corrected chi connectivity index (χ3v) is 13.2. The van der Waals surface area contributed by atoms with Crippen LogP contribution in [0.25, 0.3) is 0 Å². The minimum absolute atomic E-state index is 0.0207. The fourth-order valence-electron chi connectivity index (χ4n) is 5.13. The Morgan fingerprint density at radius 3 is 1.84 bits per heavy atom. The number of nitrogens with zero attached hydrogens (tertiary/aromatic N) is 1. The molecule has 0 spiro atoms. The van der Waals surface area contributed by atoms with Crippen molar-refractivity contribution in [2.75, 3.05) is 60.1 Å². The number of sulfone groups is 2. The van der Waals surface area contributed by atoms with Gasteiger partial charge in [-0.3, -0.25) is 0 Å². The van der Waals surface area contributed by atoms with E-state index < -0.39 is 23.8 Å². The third-order valence-electron chi connectivity index (χ3n) is 7.15. The average molecular weight is 570 g/mol. The fraction of sp³-hybridized carbons (Fsp3) is 0.556. The largest absolute Gasteiger partial charge is 0.493 e. The van der Waals surface area contributed by atoms with Crippen molar-refractivity contribution in [3.05, 3.63) is 47.5 Å². The van der Waals surface area contributed by atoms with Crippen LogP contribution < -0.4 is 18.9 Å². The number of aryl methyl sites for hydroxylation is 1. The molecule has 1 aliphatic rings. The van der Waals surface area contributed by atoms with Crippen LogP contribution in [0.2, 0.25) is 0 Å². The molecule has 1 fully saturated rings. The summed E-state index contributed by atoms with van der Waals surface area (Å²) in [5, 5.41) is 0. The second-order valence-corrected chi connectivity index (χ2v) is 14.4. The van der Waals surface area contributed by atoms with Gasteiger partial charge in [-0.15, -0.1) is 0 Å². The molecule has 0 unspecified atom stereocenters. The van der Waals surface area contributed by atoms with Crippen LogP contribution in [0.15, 0.2) is 36.4 Å². The van der Waals surface area contributed by atoms with E-state index in [1.807, 2.05) is 25.2 Å². The van der Waals surface area contributed by atoms with E-state index in [-0.39, 0.29) is 29.9 Å². The molecule has 212 valence electrons. The minimum atomic E-state index is -3.98. The predicted octanol–water partition coefficient (Wildman–Crippen LogP) is 3.45. The molecular formula is C27H39NO8S2. The van der Waals surface area contributed by atoms with E-state index in [4.69, 9.17) is 18.9 Å². The Hall–Kier alpha value is -2.50. The van der Waals surface area contributed by atoms with E-state index in [9.17, 15) is 16.8 Å². The number of methoxy groups -OCH3 is 4. The predicted molar refractivity (Wildman–Crippen MR) is 148 cm³/mol. The number of benzene rings is 2. The number of hydrogen-bond donors (Lipinski definition) is 0. The molecule has 0 aromatic heterocycles. The van der Waals surface area contributed by atoms with Crippen molar-refractivity contribution in [3.63, 3.8) is 0 Å². The van der Waals surface area contributed by atoms with Crippen molar-refractivity contribution in [3.8, 4) is 23.0 Å².